The molecule has 0 aliphatic heterocycles. The maximum absolute atomic E-state index is 14.1. The monoisotopic (exact) mass is 485 g/mol. The second-order valence-electron chi connectivity index (χ2n) is 8.40. The second-order valence-corrected chi connectivity index (χ2v) is 8.40. The molecule has 2 heterocycles. The summed E-state index contributed by atoms with van der Waals surface area (Å²) >= 11 is 0. The number of aromatic nitrogens is 2. The first-order valence-electron chi connectivity index (χ1n) is 11.1. The number of nitrogens with zero attached hydrogens (tertiary/aromatic N) is 2. The van der Waals surface area contributed by atoms with E-state index in [-0.39, 0.29) is 30.2 Å². The fourth-order valence-corrected chi connectivity index (χ4v) is 4.34. The first-order valence-corrected chi connectivity index (χ1v) is 11.1. The molecular formula is C25H22F3N3O4. The molecule has 0 saturated carbocycles. The summed E-state index contributed by atoms with van der Waals surface area (Å²) in [7, 11) is 0. The summed E-state index contributed by atoms with van der Waals surface area (Å²) in [6, 6.07) is 13.8. The predicted octanol–water partition coefficient (Wildman–Crippen LogP) is 4.22. The highest BCUT2D eigenvalue weighted by atomic mass is 19.4. The molecule has 5 rings (SSSR count). The van der Waals surface area contributed by atoms with Crippen molar-refractivity contribution in [3.63, 3.8) is 0 Å². The lowest BCUT2D eigenvalue weighted by Crippen LogP contribution is -2.28. The maximum atomic E-state index is 14.1. The fraction of sp³-hybridized carbons (Fsp3) is 0.280. The Bertz CT molecular complexity index is 1330. The summed E-state index contributed by atoms with van der Waals surface area (Å²) in [4.78, 5) is 0. The van der Waals surface area contributed by atoms with Crippen molar-refractivity contribution in [2.24, 2.45) is 0 Å². The van der Waals surface area contributed by atoms with Crippen LogP contribution in [0, 0.1) is 0 Å². The number of aryl methyl sites for hydroxylation is 1. The molecule has 0 radical (unpaired) electrons. The summed E-state index contributed by atoms with van der Waals surface area (Å²) in [5.41, 5.74) is 2.70. The Morgan fingerprint density at radius 3 is 2.46 bits per heavy atom. The largest absolute Gasteiger partial charge is 0.422 e. The molecule has 10 heteroatoms. The topological polar surface area (TPSA) is 105 Å². The quantitative estimate of drug-likeness (QED) is 0.360. The molecule has 0 unspecified atom stereocenters. The fourth-order valence-electron chi connectivity index (χ4n) is 4.34. The van der Waals surface area contributed by atoms with Gasteiger partial charge in [0.2, 0.25) is 0 Å². The smallest absolute Gasteiger partial charge is 0.394 e. The summed E-state index contributed by atoms with van der Waals surface area (Å²) < 4.78 is 53.0. The van der Waals surface area contributed by atoms with Crippen LogP contribution >= 0.6 is 0 Å². The van der Waals surface area contributed by atoms with Crippen LogP contribution < -0.4 is 5.32 Å². The van der Waals surface area contributed by atoms with E-state index in [0.717, 1.165) is 16.7 Å². The molecule has 0 fully saturated rings. The molecule has 7 nitrogen and oxygen atoms in total. The van der Waals surface area contributed by atoms with Crippen LogP contribution in [-0.4, -0.2) is 39.8 Å². The Morgan fingerprint density at radius 1 is 0.971 bits per heavy atom. The van der Waals surface area contributed by atoms with Gasteiger partial charge in [0.25, 0.3) is 0 Å². The van der Waals surface area contributed by atoms with Crippen LogP contribution in [0.1, 0.15) is 22.3 Å². The van der Waals surface area contributed by atoms with E-state index in [4.69, 9.17) is 14.2 Å². The van der Waals surface area contributed by atoms with Crippen molar-refractivity contribution in [2.45, 2.75) is 31.7 Å². The molecule has 2 aromatic heterocycles. The molecule has 0 bridgehead atoms. The molecule has 2 aromatic carbocycles. The summed E-state index contributed by atoms with van der Waals surface area (Å²) in [6.07, 6.45) is -4.51. The van der Waals surface area contributed by atoms with Gasteiger partial charge in [0, 0.05) is 29.8 Å². The molecule has 3 N–H and O–H groups in total. The number of alkyl halides is 3. The summed E-state index contributed by atoms with van der Waals surface area (Å²) in [6.45, 7) is 0.439. The third-order valence-electron chi connectivity index (χ3n) is 6.00. The van der Waals surface area contributed by atoms with E-state index in [1.54, 1.807) is 18.2 Å². The van der Waals surface area contributed by atoms with E-state index in [0.29, 0.717) is 30.6 Å². The van der Waals surface area contributed by atoms with E-state index in [2.05, 4.69) is 15.6 Å². The van der Waals surface area contributed by atoms with Crippen LogP contribution in [0.25, 0.3) is 34.0 Å². The van der Waals surface area contributed by atoms with Gasteiger partial charge < -0.3 is 24.6 Å². The maximum Gasteiger partial charge on any atom is 0.422 e. The number of fused-ring (bicyclic) bond motifs is 3. The third-order valence-corrected chi connectivity index (χ3v) is 6.00. The lowest BCUT2D eigenvalue weighted by molar-refractivity contribution is -0.136. The summed E-state index contributed by atoms with van der Waals surface area (Å²) in [5, 5.41) is 29.3. The molecule has 4 aromatic rings. The minimum Gasteiger partial charge on any atom is -0.394 e. The van der Waals surface area contributed by atoms with E-state index in [1.165, 1.54) is 12.1 Å². The van der Waals surface area contributed by atoms with Gasteiger partial charge in [0.05, 0.1) is 12.7 Å². The number of aliphatic hydroxyl groups is 2. The van der Waals surface area contributed by atoms with Gasteiger partial charge in [-0.2, -0.15) is 13.2 Å². The predicted molar refractivity (Wildman–Crippen MR) is 120 cm³/mol. The number of halogens is 3. The van der Waals surface area contributed by atoms with Crippen LogP contribution in [0.15, 0.2) is 57.6 Å². The molecular weight excluding hydrogens is 463 g/mol. The van der Waals surface area contributed by atoms with Gasteiger partial charge in [-0.15, -0.1) is 0 Å². The average Bonchev–Trinajstić information content (AvgIpc) is 3.49. The minimum atomic E-state index is -4.71. The highest BCUT2D eigenvalue weighted by molar-refractivity contribution is 5.79. The van der Waals surface area contributed by atoms with Gasteiger partial charge in [-0.05, 0) is 24.0 Å². The molecule has 0 amide bonds. The van der Waals surface area contributed by atoms with Gasteiger partial charge in [-0.3, -0.25) is 0 Å². The second kappa shape index (κ2) is 9.29. The zero-order valence-electron chi connectivity index (χ0n) is 18.5. The van der Waals surface area contributed by atoms with Crippen LogP contribution in [0.4, 0.5) is 13.2 Å². The van der Waals surface area contributed by atoms with Crippen molar-refractivity contribution >= 4 is 0 Å². The zero-order valence-corrected chi connectivity index (χ0v) is 18.5. The van der Waals surface area contributed by atoms with Crippen molar-refractivity contribution < 1.29 is 32.4 Å². The molecule has 1 aliphatic carbocycles. The molecule has 1 aliphatic rings. The average molecular weight is 485 g/mol. The Morgan fingerprint density at radius 2 is 1.71 bits per heavy atom. The van der Waals surface area contributed by atoms with Crippen molar-refractivity contribution in [2.75, 3.05) is 13.2 Å². The van der Waals surface area contributed by atoms with Crippen LogP contribution in [0.5, 0.6) is 0 Å². The van der Waals surface area contributed by atoms with Gasteiger partial charge in [-0.1, -0.05) is 58.8 Å². The van der Waals surface area contributed by atoms with Crippen LogP contribution in [0.2, 0.25) is 0 Å². The lowest BCUT2D eigenvalue weighted by Gasteiger charge is -2.17. The number of rotatable bonds is 7. The molecule has 0 spiro atoms. The standard InChI is InChI=1S/C25H22F3N3O4/c26-25(27,28)20-22(31-34-23(20)15-4-2-1-3-5-15)24-19-9-7-16-10-14(11-29-12-17(33)13-32)6-8-18(16)21(19)30-35-24/h1-6,8,10,17,29,32-33H,7,9,11-13H2/t17-/m0/s1. The number of aliphatic hydroxyl groups excluding tert-OH is 2. The number of hydrogen-bond donors (Lipinski definition) is 3. The molecule has 182 valence electrons. The van der Waals surface area contributed by atoms with Gasteiger partial charge in [0.15, 0.2) is 17.2 Å². The Kier molecular flexibility index (Phi) is 6.18. The minimum absolute atomic E-state index is 0.0346. The van der Waals surface area contributed by atoms with E-state index < -0.39 is 23.5 Å². The highest BCUT2D eigenvalue weighted by Crippen LogP contribution is 2.46. The Balaban J connectivity index is 1.48. The van der Waals surface area contributed by atoms with Crippen molar-refractivity contribution in [1.29, 1.82) is 0 Å². The van der Waals surface area contributed by atoms with Crippen LogP contribution in [-0.2, 0) is 25.6 Å². The van der Waals surface area contributed by atoms with Gasteiger partial charge in [-0.25, -0.2) is 0 Å². The Hall–Kier alpha value is -3.47. The van der Waals surface area contributed by atoms with Crippen LogP contribution in [0.3, 0.4) is 0 Å². The molecule has 0 saturated heterocycles. The summed E-state index contributed by atoms with van der Waals surface area (Å²) in [5.74, 6) is -0.398. The van der Waals surface area contributed by atoms with Crippen molar-refractivity contribution in [1.82, 2.24) is 15.6 Å². The van der Waals surface area contributed by atoms with Gasteiger partial charge in [0.1, 0.15) is 11.3 Å². The first-order chi connectivity index (χ1) is 16.9. The highest BCUT2D eigenvalue weighted by Gasteiger charge is 2.43. The van der Waals surface area contributed by atoms with Gasteiger partial charge >= 0.3 is 6.18 Å². The SMILES string of the molecule is OC[C@@H](O)CNCc1ccc2c(c1)CCc1c-2noc1-c1noc(-c2ccccc2)c1C(F)(F)F. The van der Waals surface area contributed by atoms with Crippen molar-refractivity contribution in [3.05, 3.63) is 70.8 Å². The molecule has 35 heavy (non-hydrogen) atoms. The van der Waals surface area contributed by atoms with E-state index in [9.17, 15) is 18.3 Å². The third kappa shape index (κ3) is 4.47. The number of nitrogens with one attached hydrogen (secondary N) is 1. The number of benzene rings is 2. The number of hydrogen-bond acceptors (Lipinski definition) is 7. The normalized spacial score (nSPS) is 14.0. The van der Waals surface area contributed by atoms with E-state index in [1.807, 2.05) is 18.2 Å². The Labute approximate surface area is 198 Å². The van der Waals surface area contributed by atoms with Crippen molar-refractivity contribution in [3.8, 4) is 34.0 Å². The molecule has 1 atom stereocenters. The first kappa shape index (κ1) is 23.3. The van der Waals surface area contributed by atoms with E-state index >= 15 is 0 Å². The lowest BCUT2D eigenvalue weighted by atomic mass is 9.87. The zero-order chi connectivity index (χ0) is 24.6.